The van der Waals surface area contributed by atoms with Crippen LogP contribution in [0.2, 0.25) is 0 Å². The molecule has 0 aromatic carbocycles. The molecular formula is C34H51N5O4. The van der Waals surface area contributed by atoms with Crippen LogP contribution in [0.3, 0.4) is 0 Å². The fourth-order valence-corrected chi connectivity index (χ4v) is 8.24. The molecule has 4 heterocycles. The van der Waals surface area contributed by atoms with E-state index in [1.54, 1.807) is 6.07 Å². The zero-order valence-corrected chi connectivity index (χ0v) is 26.7. The Morgan fingerprint density at radius 2 is 1.79 bits per heavy atom. The van der Waals surface area contributed by atoms with E-state index in [-0.39, 0.29) is 29.2 Å². The number of hydrogen-bond acceptors (Lipinski definition) is 7. The van der Waals surface area contributed by atoms with E-state index in [2.05, 4.69) is 29.8 Å². The van der Waals surface area contributed by atoms with Crippen LogP contribution in [0, 0.1) is 37.0 Å². The van der Waals surface area contributed by atoms with Crippen LogP contribution in [0.25, 0.3) is 0 Å². The predicted octanol–water partition coefficient (Wildman–Crippen LogP) is 5.21. The maximum Gasteiger partial charge on any atom is 0.410 e. The summed E-state index contributed by atoms with van der Waals surface area (Å²) in [5.41, 5.74) is 2.01. The van der Waals surface area contributed by atoms with E-state index in [0.29, 0.717) is 41.9 Å². The van der Waals surface area contributed by atoms with Gasteiger partial charge in [-0.05, 0) is 83.3 Å². The lowest BCUT2D eigenvalue weighted by atomic mass is 9.74. The second-order valence-electron chi connectivity index (χ2n) is 14.0. The summed E-state index contributed by atoms with van der Waals surface area (Å²) in [5, 5.41) is 19.1. The number of carbonyl (C=O) groups is 2. The molecule has 0 bridgehead atoms. The highest BCUT2D eigenvalue weighted by atomic mass is 16.6. The molecule has 4 fully saturated rings. The van der Waals surface area contributed by atoms with Crippen molar-refractivity contribution in [3.8, 4) is 6.07 Å². The number of aryl methyl sites for hydroxylation is 2. The number of amides is 2. The minimum atomic E-state index is -0.382. The normalized spacial score (nSPS) is 27.5. The smallest absolute Gasteiger partial charge is 0.410 e. The Hall–Kier alpha value is -2.70. The molecule has 1 aromatic heterocycles. The summed E-state index contributed by atoms with van der Waals surface area (Å²) in [4.78, 5) is 37.7. The number of aromatic nitrogens is 1. The van der Waals surface area contributed by atoms with E-state index in [9.17, 15) is 20.0 Å². The topological polar surface area (TPSA) is 110 Å². The monoisotopic (exact) mass is 593 g/mol. The first-order valence-electron chi connectivity index (χ1n) is 16.7. The molecule has 0 unspecified atom stereocenters. The molecule has 1 saturated carbocycles. The van der Waals surface area contributed by atoms with Gasteiger partial charge in [0.15, 0.2) is 0 Å². The van der Waals surface area contributed by atoms with Crippen molar-refractivity contribution in [2.45, 2.75) is 116 Å². The van der Waals surface area contributed by atoms with Crippen molar-refractivity contribution >= 4 is 12.0 Å². The largest absolute Gasteiger partial charge is 0.442 e. The van der Waals surface area contributed by atoms with Gasteiger partial charge in [0.1, 0.15) is 17.4 Å². The molecule has 1 atom stereocenters. The molecule has 236 valence electrons. The number of aliphatic hydroxyl groups excluding tert-OH is 1. The van der Waals surface area contributed by atoms with Gasteiger partial charge in [-0.2, -0.15) is 5.26 Å². The lowest BCUT2D eigenvalue weighted by molar-refractivity contribution is -0.134. The minimum absolute atomic E-state index is 0.000564. The number of piperidine rings is 2. The van der Waals surface area contributed by atoms with Crippen LogP contribution < -0.4 is 0 Å². The van der Waals surface area contributed by atoms with Gasteiger partial charge in [-0.25, -0.2) is 9.78 Å². The third-order valence-electron chi connectivity index (χ3n) is 11.2. The molecule has 1 N–H and O–H groups in total. The van der Waals surface area contributed by atoms with Crippen LogP contribution >= 0.6 is 0 Å². The van der Waals surface area contributed by atoms with Crippen molar-refractivity contribution in [3.63, 3.8) is 0 Å². The molecule has 5 rings (SSSR count). The van der Waals surface area contributed by atoms with Crippen LogP contribution in [-0.4, -0.2) is 93.3 Å². The van der Waals surface area contributed by atoms with E-state index in [4.69, 9.17) is 4.74 Å². The van der Waals surface area contributed by atoms with Gasteiger partial charge in [-0.15, -0.1) is 0 Å². The standard InChI is InChI=1S/C34H51N5O4/c1-5-6-7-27-23-38(22-26-8-10-29(40)11-9-26)32(42)43-34(27)14-18-39(19-15-34)33(4)12-16-37(17-13-33)31(41)30-24(2)20-28(21-35)36-25(30)3/h20,26-27,29,40H,5-19,22-23H2,1-4H3/t26?,27-,29?/m0/s1. The maximum absolute atomic E-state index is 13.5. The lowest BCUT2D eigenvalue weighted by Gasteiger charge is -2.55. The lowest BCUT2D eigenvalue weighted by Crippen LogP contribution is -2.64. The molecule has 3 saturated heterocycles. The Balaban J connectivity index is 1.19. The minimum Gasteiger partial charge on any atom is -0.442 e. The van der Waals surface area contributed by atoms with Gasteiger partial charge in [0.25, 0.3) is 5.91 Å². The van der Waals surface area contributed by atoms with Gasteiger partial charge in [0, 0.05) is 63.6 Å². The molecule has 1 aromatic rings. The van der Waals surface area contributed by atoms with Gasteiger partial charge in [-0.1, -0.05) is 19.8 Å². The molecule has 2 amide bonds. The van der Waals surface area contributed by atoms with Gasteiger partial charge >= 0.3 is 6.09 Å². The number of nitriles is 1. The first-order valence-corrected chi connectivity index (χ1v) is 16.7. The second kappa shape index (κ2) is 13.1. The Morgan fingerprint density at radius 1 is 1.12 bits per heavy atom. The Bertz CT molecular complexity index is 1180. The summed E-state index contributed by atoms with van der Waals surface area (Å²) < 4.78 is 6.44. The Morgan fingerprint density at radius 3 is 2.40 bits per heavy atom. The van der Waals surface area contributed by atoms with Crippen LogP contribution in [0.1, 0.15) is 112 Å². The van der Waals surface area contributed by atoms with E-state index in [1.165, 1.54) is 0 Å². The van der Waals surface area contributed by atoms with E-state index >= 15 is 0 Å². The van der Waals surface area contributed by atoms with Crippen molar-refractivity contribution in [3.05, 3.63) is 28.6 Å². The highest BCUT2D eigenvalue weighted by Crippen LogP contribution is 2.44. The number of ether oxygens (including phenoxy) is 1. The van der Waals surface area contributed by atoms with Crippen molar-refractivity contribution in [1.82, 2.24) is 19.7 Å². The highest BCUT2D eigenvalue weighted by Gasteiger charge is 2.51. The number of hydrogen-bond donors (Lipinski definition) is 1. The average molecular weight is 594 g/mol. The zero-order valence-electron chi connectivity index (χ0n) is 26.7. The predicted molar refractivity (Wildman–Crippen MR) is 165 cm³/mol. The summed E-state index contributed by atoms with van der Waals surface area (Å²) in [7, 11) is 0. The van der Waals surface area contributed by atoms with Gasteiger partial charge in [0.05, 0.1) is 17.4 Å². The second-order valence-corrected chi connectivity index (χ2v) is 14.0. The Labute approximate surface area is 257 Å². The molecule has 3 aliphatic heterocycles. The van der Waals surface area contributed by atoms with Crippen LogP contribution in [0.15, 0.2) is 6.07 Å². The van der Waals surface area contributed by atoms with Gasteiger partial charge in [0.2, 0.25) is 0 Å². The third kappa shape index (κ3) is 6.71. The fraction of sp³-hybridized carbons (Fsp3) is 0.765. The van der Waals surface area contributed by atoms with Crippen molar-refractivity contribution in [1.29, 1.82) is 5.26 Å². The molecule has 1 aliphatic carbocycles. The van der Waals surface area contributed by atoms with E-state index in [0.717, 1.165) is 102 Å². The number of unbranched alkanes of at least 4 members (excludes halogenated alkanes) is 1. The van der Waals surface area contributed by atoms with Crippen molar-refractivity contribution in [2.24, 2.45) is 11.8 Å². The van der Waals surface area contributed by atoms with Crippen LogP contribution in [0.5, 0.6) is 0 Å². The number of aliphatic hydroxyl groups is 1. The van der Waals surface area contributed by atoms with Crippen molar-refractivity contribution < 1.29 is 19.4 Å². The summed E-state index contributed by atoms with van der Waals surface area (Å²) in [6.45, 7) is 13.0. The highest BCUT2D eigenvalue weighted by molar-refractivity contribution is 5.96. The van der Waals surface area contributed by atoms with Crippen LogP contribution in [-0.2, 0) is 4.74 Å². The maximum atomic E-state index is 13.5. The Kier molecular flexibility index (Phi) is 9.67. The first kappa shape index (κ1) is 31.7. The van der Waals surface area contributed by atoms with E-state index < -0.39 is 0 Å². The third-order valence-corrected chi connectivity index (χ3v) is 11.2. The number of rotatable bonds is 7. The quantitative estimate of drug-likeness (QED) is 0.462. The molecular weight excluding hydrogens is 542 g/mol. The number of likely N-dealkylation sites (tertiary alicyclic amines) is 2. The first-order chi connectivity index (χ1) is 20.6. The van der Waals surface area contributed by atoms with Crippen molar-refractivity contribution in [2.75, 3.05) is 39.3 Å². The van der Waals surface area contributed by atoms with Crippen LogP contribution in [0.4, 0.5) is 4.79 Å². The summed E-state index contributed by atoms with van der Waals surface area (Å²) in [6.07, 6.45) is 10.2. The van der Waals surface area contributed by atoms with Gasteiger partial charge in [-0.3, -0.25) is 9.69 Å². The number of nitrogens with zero attached hydrogens (tertiary/aromatic N) is 5. The summed E-state index contributed by atoms with van der Waals surface area (Å²) in [6, 6.07) is 3.78. The number of carbonyl (C=O) groups excluding carboxylic acids is 2. The molecule has 4 aliphatic rings. The summed E-state index contributed by atoms with van der Waals surface area (Å²) >= 11 is 0. The number of pyridine rings is 1. The SMILES string of the molecule is CCCC[C@H]1CN(CC2CCC(O)CC2)C(=O)OC12CCN(C1(C)CCN(C(=O)c3c(C)cc(C#N)nc3C)CC1)CC2. The molecule has 0 radical (unpaired) electrons. The van der Waals surface area contributed by atoms with E-state index in [1.807, 2.05) is 23.6 Å². The molecule has 9 heteroatoms. The fourth-order valence-electron chi connectivity index (χ4n) is 8.24. The molecule has 9 nitrogen and oxygen atoms in total. The molecule has 43 heavy (non-hydrogen) atoms. The summed E-state index contributed by atoms with van der Waals surface area (Å²) in [5.74, 6) is 0.812. The average Bonchev–Trinajstić information content (AvgIpc) is 2.99. The molecule has 1 spiro atoms. The zero-order chi connectivity index (χ0) is 30.8. The van der Waals surface area contributed by atoms with Gasteiger partial charge < -0.3 is 19.6 Å².